The zero-order chi connectivity index (χ0) is 23.0. The Morgan fingerprint density at radius 2 is 1.81 bits per heavy atom. The molecule has 174 valence electrons. The van der Waals surface area contributed by atoms with Crippen molar-refractivity contribution in [3.8, 4) is 11.5 Å². The van der Waals surface area contributed by atoms with E-state index in [4.69, 9.17) is 14.2 Å². The van der Waals surface area contributed by atoms with Crippen LogP contribution in [0.1, 0.15) is 18.9 Å². The Bertz CT molecular complexity index is 988. The molecule has 9 heteroatoms. The van der Waals surface area contributed by atoms with Crippen molar-refractivity contribution in [2.45, 2.75) is 31.3 Å². The zero-order valence-electron chi connectivity index (χ0n) is 18.5. The Morgan fingerprint density at radius 3 is 2.47 bits per heavy atom. The van der Waals surface area contributed by atoms with E-state index in [-0.39, 0.29) is 17.4 Å². The second-order valence-corrected chi connectivity index (χ2v) is 9.35. The standard InChI is InChI=1S/C23H30N2O6S/c1-3-21(31-22-7-5-4-6-18(22)2)23(26)24-12-15-30-19-8-10-20(11-9-19)32(27,28)25-13-16-29-17-14-25/h4-11,21H,3,12-17H2,1-2H3,(H,24,26)/t21-/m0/s1. The van der Waals surface area contributed by atoms with E-state index in [1.165, 1.54) is 16.4 Å². The Kier molecular flexibility index (Phi) is 8.49. The van der Waals surface area contributed by atoms with Gasteiger partial charge in [-0.3, -0.25) is 4.79 Å². The largest absolute Gasteiger partial charge is 0.492 e. The molecule has 0 aliphatic carbocycles. The van der Waals surface area contributed by atoms with Gasteiger partial charge in [-0.05, 0) is 49.2 Å². The zero-order valence-corrected chi connectivity index (χ0v) is 19.3. The van der Waals surface area contributed by atoms with Crippen molar-refractivity contribution >= 4 is 15.9 Å². The fourth-order valence-corrected chi connectivity index (χ4v) is 4.67. The van der Waals surface area contributed by atoms with E-state index in [0.29, 0.717) is 50.8 Å². The van der Waals surface area contributed by atoms with Gasteiger partial charge in [0, 0.05) is 13.1 Å². The summed E-state index contributed by atoms with van der Waals surface area (Å²) in [6.07, 6.45) is -0.0408. The van der Waals surface area contributed by atoms with E-state index < -0.39 is 16.1 Å². The first-order valence-corrected chi connectivity index (χ1v) is 12.2. The average molecular weight is 463 g/mol. The third-order valence-corrected chi connectivity index (χ3v) is 7.04. The molecule has 1 heterocycles. The quantitative estimate of drug-likeness (QED) is 0.545. The molecular formula is C23H30N2O6S. The molecule has 1 fully saturated rings. The summed E-state index contributed by atoms with van der Waals surface area (Å²) in [5.74, 6) is 1.02. The minimum Gasteiger partial charge on any atom is -0.492 e. The fourth-order valence-electron chi connectivity index (χ4n) is 3.26. The molecule has 0 aromatic heterocycles. The topological polar surface area (TPSA) is 94.2 Å². The fraction of sp³-hybridized carbons (Fsp3) is 0.435. The summed E-state index contributed by atoms with van der Waals surface area (Å²) in [5, 5.41) is 2.82. The number of nitrogens with one attached hydrogen (secondary N) is 1. The number of morpholine rings is 1. The minimum atomic E-state index is -3.53. The van der Waals surface area contributed by atoms with Gasteiger partial charge in [0.15, 0.2) is 6.10 Å². The predicted octanol–water partition coefficient (Wildman–Crippen LogP) is 2.37. The van der Waals surface area contributed by atoms with Crippen LogP contribution >= 0.6 is 0 Å². The lowest BCUT2D eigenvalue weighted by Crippen LogP contribution is -2.40. The van der Waals surface area contributed by atoms with E-state index in [0.717, 1.165) is 5.56 Å². The van der Waals surface area contributed by atoms with Gasteiger partial charge in [0.1, 0.15) is 18.1 Å². The number of sulfonamides is 1. The van der Waals surface area contributed by atoms with Crippen molar-refractivity contribution in [2.75, 3.05) is 39.5 Å². The summed E-state index contributed by atoms with van der Waals surface area (Å²) in [6.45, 7) is 5.90. The van der Waals surface area contributed by atoms with Crippen LogP contribution in [0.15, 0.2) is 53.4 Å². The molecule has 1 aliphatic heterocycles. The third kappa shape index (κ3) is 6.21. The highest BCUT2D eigenvalue weighted by molar-refractivity contribution is 7.89. The maximum atomic E-state index is 12.6. The molecule has 3 rings (SSSR count). The van der Waals surface area contributed by atoms with Crippen LogP contribution in [0.3, 0.4) is 0 Å². The predicted molar refractivity (Wildman–Crippen MR) is 120 cm³/mol. The summed E-state index contributed by atoms with van der Waals surface area (Å²) in [4.78, 5) is 12.7. The van der Waals surface area contributed by atoms with Gasteiger partial charge in [-0.15, -0.1) is 0 Å². The summed E-state index contributed by atoms with van der Waals surface area (Å²) >= 11 is 0. The lowest BCUT2D eigenvalue weighted by molar-refractivity contribution is -0.128. The number of amides is 1. The van der Waals surface area contributed by atoms with E-state index in [9.17, 15) is 13.2 Å². The molecule has 1 N–H and O–H groups in total. The molecule has 1 aliphatic rings. The summed E-state index contributed by atoms with van der Waals surface area (Å²) in [6, 6.07) is 13.9. The van der Waals surface area contributed by atoms with Crippen LogP contribution in [0.5, 0.6) is 11.5 Å². The highest BCUT2D eigenvalue weighted by Crippen LogP contribution is 2.21. The Labute approximate surface area is 189 Å². The molecule has 0 bridgehead atoms. The molecule has 32 heavy (non-hydrogen) atoms. The molecule has 2 aromatic rings. The Balaban J connectivity index is 1.45. The monoisotopic (exact) mass is 462 g/mol. The number of ether oxygens (including phenoxy) is 3. The first-order chi connectivity index (χ1) is 15.4. The maximum Gasteiger partial charge on any atom is 0.261 e. The minimum absolute atomic E-state index is 0.202. The van der Waals surface area contributed by atoms with Crippen molar-refractivity contribution in [1.29, 1.82) is 0 Å². The average Bonchev–Trinajstić information content (AvgIpc) is 2.82. The number of aryl methyl sites for hydroxylation is 1. The lowest BCUT2D eigenvalue weighted by Gasteiger charge is -2.26. The second kappa shape index (κ2) is 11.3. The van der Waals surface area contributed by atoms with Gasteiger partial charge in [0.05, 0.1) is 24.7 Å². The van der Waals surface area contributed by atoms with Crippen LogP contribution in [-0.4, -0.2) is 64.2 Å². The molecular weight excluding hydrogens is 432 g/mol. The van der Waals surface area contributed by atoms with Crippen molar-refractivity contribution in [3.05, 3.63) is 54.1 Å². The lowest BCUT2D eigenvalue weighted by atomic mass is 10.2. The van der Waals surface area contributed by atoms with Crippen LogP contribution in [0.25, 0.3) is 0 Å². The van der Waals surface area contributed by atoms with Crippen molar-refractivity contribution < 1.29 is 27.4 Å². The van der Waals surface area contributed by atoms with Crippen LogP contribution in [0.2, 0.25) is 0 Å². The highest BCUT2D eigenvalue weighted by Gasteiger charge is 2.26. The first kappa shape index (κ1) is 24.0. The molecule has 8 nitrogen and oxygen atoms in total. The Hall–Kier alpha value is -2.62. The molecule has 1 saturated heterocycles. The van der Waals surface area contributed by atoms with Crippen LogP contribution in [0, 0.1) is 6.92 Å². The van der Waals surface area contributed by atoms with E-state index in [1.54, 1.807) is 12.1 Å². The number of hydrogen-bond acceptors (Lipinski definition) is 6. The maximum absolute atomic E-state index is 12.6. The van der Waals surface area contributed by atoms with Crippen molar-refractivity contribution in [3.63, 3.8) is 0 Å². The molecule has 0 unspecified atom stereocenters. The van der Waals surface area contributed by atoms with Crippen molar-refractivity contribution in [2.24, 2.45) is 0 Å². The van der Waals surface area contributed by atoms with Gasteiger partial charge in [0.25, 0.3) is 5.91 Å². The van der Waals surface area contributed by atoms with Crippen LogP contribution < -0.4 is 14.8 Å². The summed E-state index contributed by atoms with van der Waals surface area (Å²) in [7, 11) is -3.53. The normalized spacial score (nSPS) is 15.7. The van der Waals surface area contributed by atoms with Gasteiger partial charge >= 0.3 is 0 Å². The molecule has 1 atom stereocenters. The smallest absolute Gasteiger partial charge is 0.261 e. The molecule has 0 radical (unpaired) electrons. The molecule has 1 amide bonds. The number of nitrogens with zero attached hydrogens (tertiary/aromatic N) is 1. The molecule has 2 aromatic carbocycles. The van der Waals surface area contributed by atoms with Crippen LogP contribution in [-0.2, 0) is 19.6 Å². The van der Waals surface area contributed by atoms with Gasteiger partial charge in [-0.1, -0.05) is 25.1 Å². The first-order valence-electron chi connectivity index (χ1n) is 10.7. The summed E-state index contributed by atoms with van der Waals surface area (Å²) in [5.41, 5.74) is 0.973. The number of benzene rings is 2. The Morgan fingerprint density at radius 1 is 1.12 bits per heavy atom. The number of carbonyl (C=O) groups is 1. The van der Waals surface area contributed by atoms with E-state index >= 15 is 0 Å². The van der Waals surface area contributed by atoms with Crippen LogP contribution in [0.4, 0.5) is 0 Å². The van der Waals surface area contributed by atoms with Gasteiger partial charge in [-0.25, -0.2) is 8.42 Å². The highest BCUT2D eigenvalue weighted by atomic mass is 32.2. The molecule has 0 spiro atoms. The summed E-state index contributed by atoms with van der Waals surface area (Å²) < 4.78 is 43.4. The number of para-hydroxylation sites is 1. The van der Waals surface area contributed by atoms with E-state index in [1.807, 2.05) is 38.1 Å². The van der Waals surface area contributed by atoms with Crippen molar-refractivity contribution in [1.82, 2.24) is 9.62 Å². The SMILES string of the molecule is CC[C@H](Oc1ccccc1C)C(=O)NCCOc1ccc(S(=O)(=O)N2CCOCC2)cc1. The third-order valence-electron chi connectivity index (χ3n) is 5.13. The van der Waals surface area contributed by atoms with Gasteiger partial charge in [0.2, 0.25) is 10.0 Å². The number of carbonyl (C=O) groups excluding carboxylic acids is 1. The second-order valence-electron chi connectivity index (χ2n) is 7.41. The van der Waals surface area contributed by atoms with Gasteiger partial charge in [-0.2, -0.15) is 4.31 Å². The number of hydrogen-bond donors (Lipinski definition) is 1. The molecule has 0 saturated carbocycles. The number of rotatable bonds is 10. The van der Waals surface area contributed by atoms with E-state index in [2.05, 4.69) is 5.32 Å². The van der Waals surface area contributed by atoms with Gasteiger partial charge < -0.3 is 19.5 Å².